The third kappa shape index (κ3) is 3.47. The summed E-state index contributed by atoms with van der Waals surface area (Å²) >= 11 is 0. The predicted octanol–water partition coefficient (Wildman–Crippen LogP) is 2.38. The molecule has 1 atom stereocenters. The lowest BCUT2D eigenvalue weighted by Gasteiger charge is -2.47. The highest BCUT2D eigenvalue weighted by Crippen LogP contribution is 2.26. The quantitative estimate of drug-likeness (QED) is 0.656. The number of hydrogen-bond acceptors (Lipinski definition) is 2. The molecule has 0 aromatic carbocycles. The van der Waals surface area contributed by atoms with Crippen LogP contribution in [-0.2, 0) is 4.79 Å². The SMILES string of the molecule is CC([C]=O)N(C(C)(C)C)C(C)(C)C. The Morgan fingerprint density at radius 1 is 1.00 bits per heavy atom. The van der Waals surface area contributed by atoms with Gasteiger partial charge in [-0.1, -0.05) is 0 Å². The van der Waals surface area contributed by atoms with Crippen LogP contribution < -0.4 is 0 Å². The van der Waals surface area contributed by atoms with Gasteiger partial charge in [0.2, 0.25) is 6.29 Å². The van der Waals surface area contributed by atoms with Crippen molar-refractivity contribution in [1.29, 1.82) is 0 Å². The molecule has 0 rings (SSSR count). The summed E-state index contributed by atoms with van der Waals surface area (Å²) in [4.78, 5) is 12.8. The van der Waals surface area contributed by atoms with Gasteiger partial charge in [-0.25, -0.2) is 0 Å². The first-order valence-electron chi connectivity index (χ1n) is 4.78. The number of nitrogens with zero attached hydrogens (tertiary/aromatic N) is 1. The van der Waals surface area contributed by atoms with E-state index in [1.165, 1.54) is 0 Å². The van der Waals surface area contributed by atoms with Crippen molar-refractivity contribution in [2.24, 2.45) is 0 Å². The van der Waals surface area contributed by atoms with E-state index in [0.717, 1.165) is 0 Å². The minimum atomic E-state index is -0.153. The summed E-state index contributed by atoms with van der Waals surface area (Å²) in [7, 11) is 0. The fraction of sp³-hybridized carbons (Fsp3) is 0.909. The van der Waals surface area contributed by atoms with Crippen molar-refractivity contribution in [1.82, 2.24) is 4.90 Å². The molecule has 1 unspecified atom stereocenters. The van der Waals surface area contributed by atoms with E-state index in [1.54, 1.807) is 0 Å². The van der Waals surface area contributed by atoms with Crippen molar-refractivity contribution in [2.75, 3.05) is 0 Å². The van der Waals surface area contributed by atoms with Crippen LogP contribution in [0, 0.1) is 0 Å². The summed E-state index contributed by atoms with van der Waals surface area (Å²) in [5.41, 5.74) is -0.00977. The van der Waals surface area contributed by atoms with Crippen LogP contribution in [0.1, 0.15) is 48.5 Å². The maximum absolute atomic E-state index is 10.7. The van der Waals surface area contributed by atoms with Gasteiger partial charge < -0.3 is 0 Å². The lowest BCUT2D eigenvalue weighted by Crippen LogP contribution is -2.57. The molecule has 77 valence electrons. The first-order chi connectivity index (χ1) is 5.60. The van der Waals surface area contributed by atoms with E-state index in [0.29, 0.717) is 0 Å². The molecular formula is C11H22NO. The second kappa shape index (κ2) is 3.79. The van der Waals surface area contributed by atoms with Crippen LogP contribution in [0.3, 0.4) is 0 Å². The second-order valence-electron chi connectivity index (χ2n) is 5.51. The van der Waals surface area contributed by atoms with E-state index in [2.05, 4.69) is 52.7 Å². The van der Waals surface area contributed by atoms with Gasteiger partial charge in [0, 0.05) is 11.1 Å². The smallest absolute Gasteiger partial charge is 0.216 e. The molecule has 0 bridgehead atoms. The molecule has 2 heteroatoms. The van der Waals surface area contributed by atoms with Crippen LogP contribution in [0.15, 0.2) is 0 Å². The number of hydrogen-bond donors (Lipinski definition) is 0. The molecule has 1 radical (unpaired) electrons. The number of rotatable bonds is 2. The molecule has 0 fully saturated rings. The fourth-order valence-electron chi connectivity index (χ4n) is 2.22. The lowest BCUT2D eigenvalue weighted by molar-refractivity contribution is 0.0238. The maximum Gasteiger partial charge on any atom is 0.216 e. The second-order valence-corrected chi connectivity index (χ2v) is 5.51. The molecule has 0 aromatic heterocycles. The molecule has 0 aliphatic heterocycles. The zero-order valence-electron chi connectivity index (χ0n) is 9.93. The highest BCUT2D eigenvalue weighted by atomic mass is 16.1. The predicted molar refractivity (Wildman–Crippen MR) is 56.5 cm³/mol. The van der Waals surface area contributed by atoms with Crippen LogP contribution in [0.4, 0.5) is 0 Å². The van der Waals surface area contributed by atoms with E-state index < -0.39 is 0 Å². The van der Waals surface area contributed by atoms with Gasteiger partial charge in [0.05, 0.1) is 6.04 Å². The summed E-state index contributed by atoms with van der Waals surface area (Å²) in [6.45, 7) is 14.6. The van der Waals surface area contributed by atoms with Gasteiger partial charge >= 0.3 is 0 Å². The van der Waals surface area contributed by atoms with E-state index in [1.807, 2.05) is 6.92 Å². The fourth-order valence-corrected chi connectivity index (χ4v) is 2.22. The van der Waals surface area contributed by atoms with Gasteiger partial charge in [-0.3, -0.25) is 9.69 Å². The zero-order valence-corrected chi connectivity index (χ0v) is 9.93. The molecular weight excluding hydrogens is 162 g/mol. The molecule has 2 nitrogen and oxygen atoms in total. The first kappa shape index (κ1) is 12.6. The number of carbonyl (C=O) groups excluding carboxylic acids is 1. The van der Waals surface area contributed by atoms with Crippen LogP contribution in [-0.4, -0.2) is 28.3 Å². The molecule has 0 aliphatic carbocycles. The highest BCUT2D eigenvalue weighted by Gasteiger charge is 2.35. The van der Waals surface area contributed by atoms with Crippen molar-refractivity contribution >= 4 is 6.29 Å². The normalized spacial score (nSPS) is 16.0. The average Bonchev–Trinajstić information content (AvgIpc) is 1.80. The Kier molecular flexibility index (Phi) is 3.68. The van der Waals surface area contributed by atoms with Crippen LogP contribution in [0.25, 0.3) is 0 Å². The van der Waals surface area contributed by atoms with Crippen molar-refractivity contribution < 1.29 is 4.79 Å². The van der Waals surface area contributed by atoms with Crippen molar-refractivity contribution in [2.45, 2.75) is 65.6 Å². The third-order valence-corrected chi connectivity index (χ3v) is 2.00. The Morgan fingerprint density at radius 2 is 1.31 bits per heavy atom. The third-order valence-electron chi connectivity index (χ3n) is 2.00. The average molecular weight is 184 g/mol. The topological polar surface area (TPSA) is 20.3 Å². The van der Waals surface area contributed by atoms with E-state index >= 15 is 0 Å². The summed E-state index contributed by atoms with van der Waals surface area (Å²) in [5, 5.41) is 0. The summed E-state index contributed by atoms with van der Waals surface area (Å²) in [6, 6.07) is -0.153. The van der Waals surface area contributed by atoms with Crippen LogP contribution >= 0.6 is 0 Å². The van der Waals surface area contributed by atoms with Crippen molar-refractivity contribution in [3.05, 3.63) is 0 Å². The van der Waals surface area contributed by atoms with Gasteiger partial charge in [0.25, 0.3) is 0 Å². The molecule has 0 N–H and O–H groups in total. The standard InChI is InChI=1S/C11H22NO/c1-9(8-13)12(10(2,3)4)11(5,6)7/h9H,1-7H3. The van der Waals surface area contributed by atoms with E-state index in [-0.39, 0.29) is 17.1 Å². The highest BCUT2D eigenvalue weighted by molar-refractivity contribution is 5.58. The zero-order chi connectivity index (χ0) is 10.9. The summed E-state index contributed by atoms with van der Waals surface area (Å²) in [6.07, 6.45) is 2.05. The van der Waals surface area contributed by atoms with Crippen LogP contribution in [0.5, 0.6) is 0 Å². The first-order valence-corrected chi connectivity index (χ1v) is 4.78. The molecule has 13 heavy (non-hydrogen) atoms. The molecule has 0 spiro atoms. The Balaban J connectivity index is 4.88. The van der Waals surface area contributed by atoms with E-state index in [4.69, 9.17) is 0 Å². The summed E-state index contributed by atoms with van der Waals surface area (Å²) in [5.74, 6) is 0. The Hall–Kier alpha value is -0.370. The largest absolute Gasteiger partial charge is 0.289 e. The van der Waals surface area contributed by atoms with Gasteiger partial charge in [-0.05, 0) is 48.5 Å². The van der Waals surface area contributed by atoms with Gasteiger partial charge in [-0.15, -0.1) is 0 Å². The van der Waals surface area contributed by atoms with Crippen molar-refractivity contribution in [3.63, 3.8) is 0 Å². The molecule has 0 aromatic rings. The summed E-state index contributed by atoms with van der Waals surface area (Å²) < 4.78 is 0. The minimum absolute atomic E-state index is 0.00488. The molecule has 0 saturated carbocycles. The molecule has 0 heterocycles. The van der Waals surface area contributed by atoms with Gasteiger partial charge in [-0.2, -0.15) is 0 Å². The monoisotopic (exact) mass is 184 g/mol. The Labute approximate surface area is 82.3 Å². The molecule has 0 aliphatic rings. The lowest BCUT2D eigenvalue weighted by atomic mass is 9.94. The van der Waals surface area contributed by atoms with Gasteiger partial charge in [0.1, 0.15) is 0 Å². The van der Waals surface area contributed by atoms with Crippen LogP contribution in [0.2, 0.25) is 0 Å². The van der Waals surface area contributed by atoms with Gasteiger partial charge in [0.15, 0.2) is 0 Å². The van der Waals surface area contributed by atoms with E-state index in [9.17, 15) is 4.79 Å². The Bertz CT molecular complexity index is 160. The maximum atomic E-state index is 10.7. The molecule has 0 amide bonds. The molecule has 0 saturated heterocycles. The van der Waals surface area contributed by atoms with Crippen molar-refractivity contribution in [3.8, 4) is 0 Å². The Morgan fingerprint density at radius 3 is 1.38 bits per heavy atom. The minimum Gasteiger partial charge on any atom is -0.289 e.